The van der Waals surface area contributed by atoms with E-state index in [9.17, 15) is 18.4 Å². The number of fused-ring (bicyclic) bond motifs is 1. The van der Waals surface area contributed by atoms with Crippen LogP contribution in [0.25, 0.3) is 10.2 Å². The maximum absolute atomic E-state index is 12.9. The molecule has 3 aromatic rings. The first-order valence-corrected chi connectivity index (χ1v) is 10.2. The number of alkyl halides is 2. The van der Waals surface area contributed by atoms with Gasteiger partial charge < -0.3 is 15.0 Å². The number of aromatic nitrogens is 1. The summed E-state index contributed by atoms with van der Waals surface area (Å²) in [5, 5.41) is 3.34. The molecule has 0 bridgehead atoms. The molecule has 0 unspecified atom stereocenters. The number of thiazole rings is 1. The van der Waals surface area contributed by atoms with Gasteiger partial charge in [-0.1, -0.05) is 35.6 Å². The number of nitrogens with one attached hydrogen (secondary N) is 1. The van der Waals surface area contributed by atoms with E-state index in [0.717, 1.165) is 21.3 Å². The highest BCUT2D eigenvalue weighted by atomic mass is 32.1. The summed E-state index contributed by atoms with van der Waals surface area (Å²) >= 11 is 1.39. The summed E-state index contributed by atoms with van der Waals surface area (Å²) in [7, 11) is 0. The first-order chi connectivity index (χ1) is 14.4. The van der Waals surface area contributed by atoms with E-state index in [0.29, 0.717) is 11.6 Å². The number of ether oxygens (including phenoxy) is 1. The van der Waals surface area contributed by atoms with E-state index in [1.807, 2.05) is 25.1 Å². The molecule has 1 aliphatic heterocycles. The molecule has 156 valence electrons. The van der Waals surface area contributed by atoms with Crippen LogP contribution in [0.5, 0.6) is 5.75 Å². The number of amides is 2. The van der Waals surface area contributed by atoms with E-state index in [1.165, 1.54) is 28.4 Å². The molecular formula is C21H19F2N3O3S. The van der Waals surface area contributed by atoms with Crippen LogP contribution in [0.1, 0.15) is 24.0 Å². The highest BCUT2D eigenvalue weighted by Crippen LogP contribution is 2.29. The van der Waals surface area contributed by atoms with Crippen molar-refractivity contribution in [3.05, 3.63) is 53.6 Å². The van der Waals surface area contributed by atoms with E-state index in [1.54, 1.807) is 12.1 Å². The van der Waals surface area contributed by atoms with Gasteiger partial charge in [-0.2, -0.15) is 8.78 Å². The number of aryl methyl sites for hydroxylation is 1. The van der Waals surface area contributed by atoms with Crippen LogP contribution in [0.2, 0.25) is 0 Å². The molecule has 6 nitrogen and oxygen atoms in total. The summed E-state index contributed by atoms with van der Waals surface area (Å²) in [6.07, 6.45) is 0.699. The molecule has 1 atom stereocenters. The molecule has 4 rings (SSSR count). The van der Waals surface area contributed by atoms with Crippen LogP contribution in [-0.2, 0) is 16.1 Å². The Morgan fingerprint density at radius 2 is 2.07 bits per heavy atom. The van der Waals surface area contributed by atoms with Gasteiger partial charge in [-0.3, -0.25) is 9.59 Å². The van der Waals surface area contributed by atoms with Crippen molar-refractivity contribution in [2.75, 3.05) is 5.32 Å². The number of likely N-dealkylation sites (tertiary alicyclic amines) is 1. The second-order valence-electron chi connectivity index (χ2n) is 7.03. The summed E-state index contributed by atoms with van der Waals surface area (Å²) in [5.74, 6) is -0.361. The smallest absolute Gasteiger partial charge is 0.387 e. The van der Waals surface area contributed by atoms with Crippen molar-refractivity contribution < 1.29 is 23.1 Å². The van der Waals surface area contributed by atoms with Crippen molar-refractivity contribution >= 4 is 38.5 Å². The largest absolute Gasteiger partial charge is 0.435 e. The quantitative estimate of drug-likeness (QED) is 0.631. The van der Waals surface area contributed by atoms with Gasteiger partial charge in [0.1, 0.15) is 11.8 Å². The molecule has 1 fully saturated rings. The standard InChI is InChI=1S/C21H19F2N3O3S/c1-12-3-2-4-16-18(12)24-21(30-16)25-19(28)15-9-10-17(27)26(15)11-13-5-7-14(8-6-13)29-20(22)23/h2-8,15,20H,9-11H2,1H3,(H,24,25,28)/t15-/m0/s1. The number of carbonyl (C=O) groups excluding carboxylic acids is 2. The fraction of sp³-hybridized carbons (Fsp3) is 0.286. The first-order valence-electron chi connectivity index (χ1n) is 9.41. The van der Waals surface area contributed by atoms with Gasteiger partial charge in [0.2, 0.25) is 11.8 Å². The normalized spacial score (nSPS) is 16.5. The maximum Gasteiger partial charge on any atom is 0.387 e. The molecule has 2 aromatic carbocycles. The number of nitrogens with zero attached hydrogens (tertiary/aromatic N) is 2. The number of rotatable bonds is 6. The minimum Gasteiger partial charge on any atom is -0.435 e. The van der Waals surface area contributed by atoms with Crippen LogP contribution in [0.15, 0.2) is 42.5 Å². The minimum atomic E-state index is -2.89. The molecule has 1 saturated heterocycles. The number of carbonyl (C=O) groups is 2. The van der Waals surface area contributed by atoms with Crippen LogP contribution < -0.4 is 10.1 Å². The van der Waals surface area contributed by atoms with Crippen LogP contribution in [0, 0.1) is 6.92 Å². The lowest BCUT2D eigenvalue weighted by molar-refractivity contribution is -0.133. The summed E-state index contributed by atoms with van der Waals surface area (Å²) in [4.78, 5) is 31.2. The fourth-order valence-electron chi connectivity index (χ4n) is 3.51. The van der Waals surface area contributed by atoms with Crippen molar-refractivity contribution in [2.45, 2.75) is 39.0 Å². The molecule has 0 spiro atoms. The molecule has 1 aromatic heterocycles. The molecule has 9 heteroatoms. The second-order valence-corrected chi connectivity index (χ2v) is 8.06. The van der Waals surface area contributed by atoms with Gasteiger partial charge in [-0.05, 0) is 42.7 Å². The van der Waals surface area contributed by atoms with Gasteiger partial charge in [0.25, 0.3) is 0 Å². The van der Waals surface area contributed by atoms with E-state index < -0.39 is 12.7 Å². The number of benzene rings is 2. The third-order valence-corrected chi connectivity index (χ3v) is 5.92. The van der Waals surface area contributed by atoms with Gasteiger partial charge in [0.05, 0.1) is 10.2 Å². The molecule has 2 heterocycles. The van der Waals surface area contributed by atoms with Gasteiger partial charge in [-0.25, -0.2) is 4.98 Å². The SMILES string of the molecule is Cc1cccc2sc(NC(=O)[C@@H]3CCC(=O)N3Cc3ccc(OC(F)F)cc3)nc12. The highest BCUT2D eigenvalue weighted by molar-refractivity contribution is 7.22. The van der Waals surface area contributed by atoms with Crippen molar-refractivity contribution in [3.8, 4) is 5.75 Å². The lowest BCUT2D eigenvalue weighted by Crippen LogP contribution is -2.41. The van der Waals surface area contributed by atoms with E-state index >= 15 is 0 Å². The molecule has 0 radical (unpaired) electrons. The molecule has 0 aliphatic carbocycles. The van der Waals surface area contributed by atoms with E-state index in [-0.39, 0.29) is 30.5 Å². The van der Waals surface area contributed by atoms with Crippen molar-refractivity contribution in [1.82, 2.24) is 9.88 Å². The van der Waals surface area contributed by atoms with Crippen LogP contribution >= 0.6 is 11.3 Å². The second kappa shape index (κ2) is 8.35. The Labute approximate surface area is 175 Å². The molecule has 2 amide bonds. The first kappa shape index (κ1) is 20.2. The molecule has 1 aliphatic rings. The average molecular weight is 431 g/mol. The fourth-order valence-corrected chi connectivity index (χ4v) is 4.45. The summed E-state index contributed by atoms with van der Waals surface area (Å²) < 4.78 is 29.9. The van der Waals surface area contributed by atoms with Crippen LogP contribution in [-0.4, -0.2) is 34.4 Å². The monoisotopic (exact) mass is 431 g/mol. The topological polar surface area (TPSA) is 71.5 Å². The Balaban J connectivity index is 1.46. The lowest BCUT2D eigenvalue weighted by atomic mass is 10.1. The Morgan fingerprint density at radius 1 is 1.30 bits per heavy atom. The number of hydrogen-bond donors (Lipinski definition) is 1. The Hall–Kier alpha value is -3.07. The van der Waals surface area contributed by atoms with Crippen molar-refractivity contribution in [1.29, 1.82) is 0 Å². The Kier molecular flexibility index (Phi) is 5.63. The molecule has 1 N–H and O–H groups in total. The van der Waals surface area contributed by atoms with Crippen LogP contribution in [0.3, 0.4) is 0 Å². The zero-order valence-electron chi connectivity index (χ0n) is 16.1. The predicted molar refractivity (Wildman–Crippen MR) is 110 cm³/mol. The Morgan fingerprint density at radius 3 is 2.77 bits per heavy atom. The molecule has 0 saturated carbocycles. The highest BCUT2D eigenvalue weighted by Gasteiger charge is 2.36. The number of anilines is 1. The third-order valence-electron chi connectivity index (χ3n) is 4.98. The molecule has 30 heavy (non-hydrogen) atoms. The summed E-state index contributed by atoms with van der Waals surface area (Å²) in [6.45, 7) is -0.719. The van der Waals surface area contributed by atoms with Gasteiger partial charge >= 0.3 is 6.61 Å². The number of halogens is 2. The van der Waals surface area contributed by atoms with Crippen molar-refractivity contribution in [3.63, 3.8) is 0 Å². The van der Waals surface area contributed by atoms with E-state index in [2.05, 4.69) is 15.0 Å². The number of para-hydroxylation sites is 1. The average Bonchev–Trinajstić information content (AvgIpc) is 3.27. The van der Waals surface area contributed by atoms with E-state index in [4.69, 9.17) is 0 Å². The minimum absolute atomic E-state index is 0.0434. The van der Waals surface area contributed by atoms with Gasteiger partial charge in [0.15, 0.2) is 5.13 Å². The van der Waals surface area contributed by atoms with Gasteiger partial charge in [-0.15, -0.1) is 0 Å². The predicted octanol–water partition coefficient (Wildman–Crippen LogP) is 4.34. The van der Waals surface area contributed by atoms with Crippen molar-refractivity contribution in [2.24, 2.45) is 0 Å². The van der Waals surface area contributed by atoms with Crippen LogP contribution in [0.4, 0.5) is 13.9 Å². The Bertz CT molecular complexity index is 1080. The summed E-state index contributed by atoms with van der Waals surface area (Å²) in [5.41, 5.74) is 2.60. The zero-order chi connectivity index (χ0) is 21.3. The van der Waals surface area contributed by atoms with Gasteiger partial charge in [0, 0.05) is 13.0 Å². The summed E-state index contributed by atoms with van der Waals surface area (Å²) in [6, 6.07) is 11.3. The molecular weight excluding hydrogens is 412 g/mol. The maximum atomic E-state index is 12.9. The third kappa shape index (κ3) is 4.25. The number of hydrogen-bond acceptors (Lipinski definition) is 5. The zero-order valence-corrected chi connectivity index (χ0v) is 16.9. The lowest BCUT2D eigenvalue weighted by Gasteiger charge is -2.23.